The van der Waals surface area contributed by atoms with Crippen LogP contribution in [-0.4, -0.2) is 38.8 Å². The van der Waals surface area contributed by atoms with Crippen molar-refractivity contribution in [2.45, 2.75) is 50.9 Å². The highest BCUT2D eigenvalue weighted by Crippen LogP contribution is 2.43. The summed E-state index contributed by atoms with van der Waals surface area (Å²) in [5.74, 6) is 0.810. The Morgan fingerprint density at radius 2 is 1.74 bits per heavy atom. The number of para-hydroxylation sites is 3. The molecule has 2 aromatic rings. The van der Waals surface area contributed by atoms with Gasteiger partial charge in [0.25, 0.3) is 5.91 Å². The molecule has 0 aromatic heterocycles. The number of rotatable bonds is 5. The fraction of sp³-hybridized carbons (Fsp3) is 0.435. The number of anilines is 1. The fourth-order valence-electron chi connectivity index (χ4n) is 4.35. The standard InChI is InChI=1S/C23H28N2O5S/c1-4-23(5-2)14-17(16-10-6-8-12-19(16)30-23)24-22(26)21-15-25(31(3,27)28)18-11-7-9-13-20(18)29-21/h6-13,17,21H,4-5,14-15H2,1-3H3,(H,24,26)/t17-,21-/m1/s1. The highest BCUT2D eigenvalue weighted by atomic mass is 32.2. The predicted octanol–water partition coefficient (Wildman–Crippen LogP) is 3.41. The molecule has 2 aromatic carbocycles. The zero-order valence-electron chi connectivity index (χ0n) is 18.0. The average molecular weight is 445 g/mol. The molecule has 0 saturated carbocycles. The van der Waals surface area contributed by atoms with Gasteiger partial charge in [-0.3, -0.25) is 9.10 Å². The van der Waals surface area contributed by atoms with Crippen molar-refractivity contribution in [3.05, 3.63) is 54.1 Å². The summed E-state index contributed by atoms with van der Waals surface area (Å²) in [6, 6.07) is 14.3. The second-order valence-corrected chi connectivity index (χ2v) is 10.1. The first-order chi connectivity index (χ1) is 14.8. The van der Waals surface area contributed by atoms with Crippen LogP contribution in [0, 0.1) is 0 Å². The molecule has 0 fully saturated rings. The van der Waals surface area contributed by atoms with Crippen molar-refractivity contribution >= 4 is 21.6 Å². The first-order valence-electron chi connectivity index (χ1n) is 10.6. The van der Waals surface area contributed by atoms with E-state index in [0.29, 0.717) is 17.9 Å². The maximum Gasteiger partial charge on any atom is 0.263 e. The molecule has 0 aliphatic carbocycles. The molecule has 0 radical (unpaired) electrons. The SMILES string of the molecule is CCC1(CC)C[C@@H](NC(=O)[C@H]2CN(S(C)(=O)=O)c3ccccc3O2)c2ccccc2O1. The predicted molar refractivity (Wildman–Crippen MR) is 119 cm³/mol. The lowest BCUT2D eigenvalue weighted by molar-refractivity contribution is -0.129. The number of nitrogens with one attached hydrogen (secondary N) is 1. The molecule has 166 valence electrons. The summed E-state index contributed by atoms with van der Waals surface area (Å²) in [6.07, 6.45) is 2.47. The lowest BCUT2D eigenvalue weighted by Crippen LogP contribution is -2.52. The van der Waals surface area contributed by atoms with Crippen LogP contribution in [0.5, 0.6) is 11.5 Å². The zero-order valence-corrected chi connectivity index (χ0v) is 18.8. The molecule has 1 N–H and O–H groups in total. The van der Waals surface area contributed by atoms with Crippen LogP contribution in [0.1, 0.15) is 44.7 Å². The second kappa shape index (κ2) is 8.07. The Bertz CT molecular complexity index is 1080. The molecule has 7 nitrogen and oxygen atoms in total. The Morgan fingerprint density at radius 1 is 1.10 bits per heavy atom. The fourth-order valence-corrected chi connectivity index (χ4v) is 5.26. The van der Waals surface area contributed by atoms with Crippen LogP contribution in [0.4, 0.5) is 5.69 Å². The number of benzene rings is 2. The number of carbonyl (C=O) groups excluding carboxylic acids is 1. The van der Waals surface area contributed by atoms with Gasteiger partial charge in [-0.2, -0.15) is 0 Å². The highest BCUT2D eigenvalue weighted by molar-refractivity contribution is 7.92. The molecule has 2 heterocycles. The minimum atomic E-state index is -3.56. The van der Waals surface area contributed by atoms with Crippen molar-refractivity contribution in [3.63, 3.8) is 0 Å². The number of ether oxygens (including phenoxy) is 2. The minimum Gasteiger partial charge on any atom is -0.487 e. The molecule has 2 aliphatic rings. The van der Waals surface area contributed by atoms with Crippen LogP contribution >= 0.6 is 0 Å². The Morgan fingerprint density at radius 3 is 2.42 bits per heavy atom. The number of amides is 1. The molecule has 2 atom stereocenters. The van der Waals surface area contributed by atoms with Crippen molar-refractivity contribution in [1.82, 2.24) is 5.32 Å². The van der Waals surface area contributed by atoms with Crippen LogP contribution in [0.3, 0.4) is 0 Å². The summed E-state index contributed by atoms with van der Waals surface area (Å²) in [7, 11) is -3.56. The van der Waals surface area contributed by atoms with Gasteiger partial charge < -0.3 is 14.8 Å². The highest BCUT2D eigenvalue weighted by Gasteiger charge is 2.41. The molecule has 0 unspecified atom stereocenters. The van der Waals surface area contributed by atoms with Crippen LogP contribution in [0.25, 0.3) is 0 Å². The number of sulfonamides is 1. The largest absolute Gasteiger partial charge is 0.487 e. The molecular formula is C23H28N2O5S. The number of fused-ring (bicyclic) bond motifs is 2. The minimum absolute atomic E-state index is 0.0702. The third kappa shape index (κ3) is 4.08. The Hall–Kier alpha value is -2.74. The molecule has 0 saturated heterocycles. The van der Waals surface area contributed by atoms with E-state index in [1.807, 2.05) is 24.3 Å². The normalized spacial score (nSPS) is 21.8. The Kier molecular flexibility index (Phi) is 5.60. The van der Waals surface area contributed by atoms with Gasteiger partial charge >= 0.3 is 0 Å². The monoisotopic (exact) mass is 444 g/mol. The van der Waals surface area contributed by atoms with Crippen molar-refractivity contribution in [2.24, 2.45) is 0 Å². The summed E-state index contributed by atoms with van der Waals surface area (Å²) in [6.45, 7) is 4.10. The molecule has 8 heteroatoms. The van der Waals surface area contributed by atoms with Gasteiger partial charge in [-0.25, -0.2) is 8.42 Å². The van der Waals surface area contributed by atoms with Gasteiger partial charge in [0.1, 0.15) is 17.1 Å². The summed E-state index contributed by atoms with van der Waals surface area (Å²) >= 11 is 0. The molecule has 1 amide bonds. The lowest BCUT2D eigenvalue weighted by Gasteiger charge is -2.42. The van der Waals surface area contributed by atoms with Crippen molar-refractivity contribution in [2.75, 3.05) is 17.1 Å². The molecule has 4 rings (SSSR count). The van der Waals surface area contributed by atoms with Gasteiger partial charge in [0.15, 0.2) is 6.10 Å². The molecule has 2 aliphatic heterocycles. The quantitative estimate of drug-likeness (QED) is 0.764. The van der Waals surface area contributed by atoms with E-state index in [4.69, 9.17) is 9.47 Å². The first-order valence-corrected chi connectivity index (χ1v) is 12.4. The van der Waals surface area contributed by atoms with E-state index < -0.39 is 16.1 Å². The van der Waals surface area contributed by atoms with Gasteiger partial charge in [0, 0.05) is 12.0 Å². The third-order valence-corrected chi connectivity index (χ3v) is 7.38. The molecular weight excluding hydrogens is 416 g/mol. The van der Waals surface area contributed by atoms with Crippen molar-refractivity contribution < 1.29 is 22.7 Å². The molecule has 31 heavy (non-hydrogen) atoms. The van der Waals surface area contributed by atoms with Crippen molar-refractivity contribution in [1.29, 1.82) is 0 Å². The second-order valence-electron chi connectivity index (χ2n) is 8.16. The van der Waals surface area contributed by atoms with Crippen LogP contribution in [0.15, 0.2) is 48.5 Å². The van der Waals surface area contributed by atoms with E-state index in [0.717, 1.165) is 30.4 Å². The van der Waals surface area contributed by atoms with Gasteiger partial charge in [-0.1, -0.05) is 44.2 Å². The topological polar surface area (TPSA) is 84.9 Å². The number of hydrogen-bond acceptors (Lipinski definition) is 5. The summed E-state index contributed by atoms with van der Waals surface area (Å²) in [5, 5.41) is 3.11. The third-order valence-electron chi connectivity index (χ3n) is 6.23. The van der Waals surface area contributed by atoms with Gasteiger partial charge in [0.05, 0.1) is 24.5 Å². The van der Waals surface area contributed by atoms with E-state index in [1.165, 1.54) is 4.31 Å². The summed E-state index contributed by atoms with van der Waals surface area (Å²) in [5.41, 5.74) is 1.01. The summed E-state index contributed by atoms with van der Waals surface area (Å²) < 4.78 is 38.2. The molecule has 0 bridgehead atoms. The maximum atomic E-state index is 13.2. The van der Waals surface area contributed by atoms with E-state index in [-0.39, 0.29) is 24.1 Å². The van der Waals surface area contributed by atoms with Crippen LogP contribution in [0.2, 0.25) is 0 Å². The lowest BCUT2D eigenvalue weighted by atomic mass is 9.83. The molecule has 0 spiro atoms. The van der Waals surface area contributed by atoms with Gasteiger partial charge in [-0.05, 0) is 31.0 Å². The van der Waals surface area contributed by atoms with Crippen molar-refractivity contribution in [3.8, 4) is 11.5 Å². The van der Waals surface area contributed by atoms with E-state index in [1.54, 1.807) is 24.3 Å². The zero-order chi connectivity index (χ0) is 22.2. The van der Waals surface area contributed by atoms with E-state index in [2.05, 4.69) is 19.2 Å². The number of carbonyl (C=O) groups is 1. The van der Waals surface area contributed by atoms with Gasteiger partial charge in [0.2, 0.25) is 10.0 Å². The van der Waals surface area contributed by atoms with Gasteiger partial charge in [-0.15, -0.1) is 0 Å². The number of hydrogen-bond donors (Lipinski definition) is 1. The smallest absolute Gasteiger partial charge is 0.263 e. The maximum absolute atomic E-state index is 13.2. The van der Waals surface area contributed by atoms with E-state index in [9.17, 15) is 13.2 Å². The Labute approximate surface area is 183 Å². The number of nitrogens with zero attached hydrogens (tertiary/aromatic N) is 1. The average Bonchev–Trinajstić information content (AvgIpc) is 2.77. The van der Waals surface area contributed by atoms with Crippen LogP contribution < -0.4 is 19.1 Å². The first kappa shape index (κ1) is 21.5. The summed E-state index contributed by atoms with van der Waals surface area (Å²) in [4.78, 5) is 13.2. The van der Waals surface area contributed by atoms with Crippen LogP contribution in [-0.2, 0) is 14.8 Å². The van der Waals surface area contributed by atoms with E-state index >= 15 is 0 Å². The Balaban J connectivity index is 1.61.